The van der Waals surface area contributed by atoms with Crippen LogP contribution in [-0.2, 0) is 6.42 Å². The fourth-order valence-electron chi connectivity index (χ4n) is 1.20. The molecular formula is C15H27N. The molecule has 1 nitrogen and oxygen atoms in total. The Morgan fingerprint density at radius 1 is 1.00 bits per heavy atom. The van der Waals surface area contributed by atoms with Crippen molar-refractivity contribution in [2.45, 2.75) is 53.4 Å². The molecule has 0 spiro atoms. The first-order valence-corrected chi connectivity index (χ1v) is 6.48. The van der Waals surface area contributed by atoms with Crippen LogP contribution in [0.4, 0.5) is 5.69 Å². The predicted octanol–water partition coefficient (Wildman–Crippen LogP) is 4.66. The van der Waals surface area contributed by atoms with Crippen LogP contribution in [0.15, 0.2) is 24.3 Å². The van der Waals surface area contributed by atoms with E-state index in [0.29, 0.717) is 0 Å². The van der Waals surface area contributed by atoms with E-state index in [1.165, 1.54) is 24.8 Å². The Kier molecular flexibility index (Phi) is 8.69. The Hall–Kier alpha value is -0.980. The van der Waals surface area contributed by atoms with Gasteiger partial charge in [-0.2, -0.15) is 0 Å². The summed E-state index contributed by atoms with van der Waals surface area (Å²) in [7, 11) is 0. The Morgan fingerprint density at radius 3 is 1.88 bits per heavy atom. The second kappa shape index (κ2) is 9.26. The lowest BCUT2D eigenvalue weighted by molar-refractivity contribution is 0.560. The van der Waals surface area contributed by atoms with Gasteiger partial charge in [-0.25, -0.2) is 0 Å². The average molecular weight is 221 g/mol. The lowest BCUT2D eigenvalue weighted by Gasteiger charge is -2.07. The van der Waals surface area contributed by atoms with Crippen molar-refractivity contribution in [1.29, 1.82) is 0 Å². The lowest BCUT2D eigenvalue weighted by atomic mass is 9.99. The minimum absolute atomic E-state index is 0.772. The molecule has 16 heavy (non-hydrogen) atoms. The minimum Gasteiger partial charge on any atom is -0.399 e. The third-order valence-corrected chi connectivity index (χ3v) is 2.76. The number of hydrogen-bond donors (Lipinski definition) is 1. The maximum atomic E-state index is 5.59. The molecule has 1 unspecified atom stereocenters. The molecule has 0 aliphatic rings. The molecule has 1 rings (SSSR count). The average Bonchev–Trinajstić information content (AvgIpc) is 2.32. The van der Waals surface area contributed by atoms with Crippen molar-refractivity contribution < 1.29 is 0 Å². The molecular weight excluding hydrogens is 194 g/mol. The quantitative estimate of drug-likeness (QED) is 0.735. The van der Waals surface area contributed by atoms with Gasteiger partial charge in [-0.15, -0.1) is 0 Å². The standard InChI is InChI=1S/C11H17N.C4H10/c1-3-9(2)8-10-4-6-11(12)7-5-10;1-3-4-2/h4-7,9H,3,8,12H2,1-2H3;3-4H2,1-2H3. The van der Waals surface area contributed by atoms with E-state index in [1.54, 1.807) is 0 Å². The van der Waals surface area contributed by atoms with E-state index in [-0.39, 0.29) is 0 Å². The zero-order chi connectivity index (χ0) is 12.4. The predicted molar refractivity (Wildman–Crippen MR) is 74.6 cm³/mol. The summed E-state index contributed by atoms with van der Waals surface area (Å²) in [6.45, 7) is 8.86. The number of nitrogens with two attached hydrogens (primary N) is 1. The van der Waals surface area contributed by atoms with E-state index in [4.69, 9.17) is 5.73 Å². The highest BCUT2D eigenvalue weighted by molar-refractivity contribution is 5.39. The number of benzene rings is 1. The zero-order valence-corrected chi connectivity index (χ0v) is 11.3. The van der Waals surface area contributed by atoms with E-state index in [0.717, 1.165) is 18.0 Å². The first-order chi connectivity index (χ1) is 7.63. The number of hydrogen-bond acceptors (Lipinski definition) is 1. The summed E-state index contributed by atoms with van der Waals surface area (Å²) in [6, 6.07) is 8.17. The van der Waals surface area contributed by atoms with Gasteiger partial charge in [0.15, 0.2) is 0 Å². The van der Waals surface area contributed by atoms with Gasteiger partial charge in [-0.1, -0.05) is 59.1 Å². The number of rotatable bonds is 4. The molecule has 0 bridgehead atoms. The van der Waals surface area contributed by atoms with Crippen molar-refractivity contribution in [3.05, 3.63) is 29.8 Å². The third-order valence-electron chi connectivity index (χ3n) is 2.76. The van der Waals surface area contributed by atoms with Crippen molar-refractivity contribution in [2.24, 2.45) is 5.92 Å². The molecule has 1 aromatic carbocycles. The van der Waals surface area contributed by atoms with Gasteiger partial charge in [0.2, 0.25) is 0 Å². The minimum atomic E-state index is 0.772. The van der Waals surface area contributed by atoms with Crippen molar-refractivity contribution in [3.63, 3.8) is 0 Å². The second-order valence-electron chi connectivity index (χ2n) is 4.46. The summed E-state index contributed by atoms with van der Waals surface area (Å²) in [6.07, 6.45) is 5.04. The van der Waals surface area contributed by atoms with E-state index in [9.17, 15) is 0 Å². The van der Waals surface area contributed by atoms with Gasteiger partial charge >= 0.3 is 0 Å². The number of nitrogen functional groups attached to an aromatic ring is 1. The molecule has 0 aliphatic heterocycles. The van der Waals surface area contributed by atoms with Crippen LogP contribution in [0.3, 0.4) is 0 Å². The first kappa shape index (κ1) is 15.0. The van der Waals surface area contributed by atoms with E-state index >= 15 is 0 Å². The van der Waals surface area contributed by atoms with Gasteiger partial charge in [0.1, 0.15) is 0 Å². The summed E-state index contributed by atoms with van der Waals surface area (Å²) in [5.41, 5.74) is 7.83. The van der Waals surface area contributed by atoms with Crippen LogP contribution < -0.4 is 5.73 Å². The molecule has 1 atom stereocenters. The molecule has 0 amide bonds. The van der Waals surface area contributed by atoms with Crippen LogP contribution in [-0.4, -0.2) is 0 Å². The fourth-order valence-corrected chi connectivity index (χ4v) is 1.20. The topological polar surface area (TPSA) is 26.0 Å². The molecule has 1 heteroatoms. The van der Waals surface area contributed by atoms with Crippen molar-refractivity contribution >= 4 is 5.69 Å². The number of unbranched alkanes of at least 4 members (excludes halogenated alkanes) is 1. The van der Waals surface area contributed by atoms with Gasteiger partial charge in [0.25, 0.3) is 0 Å². The molecule has 0 fully saturated rings. The van der Waals surface area contributed by atoms with Crippen LogP contribution >= 0.6 is 0 Å². The Labute approximate surface area is 101 Å². The summed E-state index contributed by atoms with van der Waals surface area (Å²) >= 11 is 0. The molecule has 0 aliphatic carbocycles. The molecule has 0 aromatic heterocycles. The van der Waals surface area contributed by atoms with Gasteiger partial charge in [0, 0.05) is 5.69 Å². The Bertz CT molecular complexity index is 249. The van der Waals surface area contributed by atoms with Gasteiger partial charge < -0.3 is 5.73 Å². The SMILES string of the molecule is CCC(C)Cc1ccc(N)cc1.CCCC. The largest absolute Gasteiger partial charge is 0.399 e. The van der Waals surface area contributed by atoms with Crippen molar-refractivity contribution in [1.82, 2.24) is 0 Å². The fraction of sp³-hybridized carbons (Fsp3) is 0.600. The van der Waals surface area contributed by atoms with E-state index < -0.39 is 0 Å². The highest BCUT2D eigenvalue weighted by Crippen LogP contribution is 2.12. The molecule has 0 saturated heterocycles. The third kappa shape index (κ3) is 7.33. The molecule has 92 valence electrons. The summed E-state index contributed by atoms with van der Waals surface area (Å²) in [4.78, 5) is 0. The Balaban J connectivity index is 0.000000487. The molecule has 0 saturated carbocycles. The maximum absolute atomic E-state index is 5.59. The van der Waals surface area contributed by atoms with Crippen molar-refractivity contribution in [3.8, 4) is 0 Å². The summed E-state index contributed by atoms with van der Waals surface area (Å²) in [5, 5.41) is 0. The van der Waals surface area contributed by atoms with Crippen molar-refractivity contribution in [2.75, 3.05) is 5.73 Å². The molecule has 2 N–H and O–H groups in total. The van der Waals surface area contributed by atoms with E-state index in [1.807, 2.05) is 12.1 Å². The smallest absolute Gasteiger partial charge is 0.0314 e. The monoisotopic (exact) mass is 221 g/mol. The van der Waals surface area contributed by atoms with Crippen LogP contribution in [0.25, 0.3) is 0 Å². The maximum Gasteiger partial charge on any atom is 0.0314 e. The molecule has 1 aromatic rings. The van der Waals surface area contributed by atoms with Crippen LogP contribution in [0.5, 0.6) is 0 Å². The summed E-state index contributed by atoms with van der Waals surface area (Å²) in [5.74, 6) is 0.772. The first-order valence-electron chi connectivity index (χ1n) is 6.48. The summed E-state index contributed by atoms with van der Waals surface area (Å²) < 4.78 is 0. The highest BCUT2D eigenvalue weighted by Gasteiger charge is 1.99. The second-order valence-corrected chi connectivity index (χ2v) is 4.46. The normalized spacial score (nSPS) is 11.5. The zero-order valence-electron chi connectivity index (χ0n) is 11.3. The Morgan fingerprint density at radius 2 is 1.50 bits per heavy atom. The molecule has 0 radical (unpaired) electrons. The lowest BCUT2D eigenvalue weighted by Crippen LogP contribution is -1.97. The van der Waals surface area contributed by atoms with E-state index in [2.05, 4.69) is 39.8 Å². The van der Waals surface area contributed by atoms with Crippen LogP contribution in [0, 0.1) is 5.92 Å². The van der Waals surface area contributed by atoms with Gasteiger partial charge in [0.05, 0.1) is 0 Å². The van der Waals surface area contributed by atoms with Crippen LogP contribution in [0.2, 0.25) is 0 Å². The molecule has 0 heterocycles. The number of anilines is 1. The van der Waals surface area contributed by atoms with Gasteiger partial charge in [-0.05, 0) is 30.0 Å². The van der Waals surface area contributed by atoms with Gasteiger partial charge in [-0.3, -0.25) is 0 Å². The van der Waals surface area contributed by atoms with Crippen LogP contribution in [0.1, 0.15) is 52.5 Å². The highest BCUT2D eigenvalue weighted by atomic mass is 14.5.